The number of hydrogen-bond donors (Lipinski definition) is 1. The summed E-state index contributed by atoms with van der Waals surface area (Å²) < 4.78 is 0. The molecule has 2 heterocycles. The van der Waals surface area contributed by atoms with Crippen LogP contribution in [-0.4, -0.2) is 41.8 Å². The minimum absolute atomic E-state index is 0.0576. The monoisotopic (exact) mass is 275 g/mol. The van der Waals surface area contributed by atoms with Gasteiger partial charge in [0.2, 0.25) is 11.8 Å². The molecule has 2 amide bonds. The fourth-order valence-electron chi connectivity index (χ4n) is 2.42. The molecule has 0 spiro atoms. The van der Waals surface area contributed by atoms with Gasteiger partial charge in [-0.05, 0) is 25.0 Å². The lowest BCUT2D eigenvalue weighted by Gasteiger charge is -2.19. The van der Waals surface area contributed by atoms with Crippen molar-refractivity contribution in [2.45, 2.75) is 25.7 Å². The van der Waals surface area contributed by atoms with Gasteiger partial charge in [0.1, 0.15) is 5.92 Å². The van der Waals surface area contributed by atoms with Gasteiger partial charge in [-0.25, -0.2) is 0 Å². The molecule has 108 valence electrons. The molecule has 0 aliphatic carbocycles. The van der Waals surface area contributed by atoms with Crippen LogP contribution in [0.1, 0.15) is 25.0 Å². The van der Waals surface area contributed by atoms with E-state index in [2.05, 4.69) is 10.3 Å². The lowest BCUT2D eigenvalue weighted by atomic mass is 10.0. The van der Waals surface area contributed by atoms with Crippen molar-refractivity contribution in [3.05, 3.63) is 30.1 Å². The molecule has 0 radical (unpaired) electrons. The summed E-state index contributed by atoms with van der Waals surface area (Å²) in [5.41, 5.74) is 0.942. The van der Waals surface area contributed by atoms with Crippen molar-refractivity contribution < 1.29 is 9.59 Å². The fourth-order valence-corrected chi connectivity index (χ4v) is 2.42. The van der Waals surface area contributed by atoms with E-state index in [0.717, 1.165) is 25.1 Å². The molecule has 2 rings (SSSR count). The molecule has 1 N–H and O–H groups in total. The molecule has 20 heavy (non-hydrogen) atoms. The van der Waals surface area contributed by atoms with E-state index in [9.17, 15) is 9.59 Å². The number of aromatic nitrogens is 1. The van der Waals surface area contributed by atoms with Gasteiger partial charge in [-0.3, -0.25) is 14.6 Å². The third-order valence-electron chi connectivity index (χ3n) is 3.63. The summed E-state index contributed by atoms with van der Waals surface area (Å²) in [7, 11) is 1.77. The van der Waals surface area contributed by atoms with E-state index in [-0.39, 0.29) is 11.8 Å². The molecule has 1 aromatic rings. The van der Waals surface area contributed by atoms with Crippen molar-refractivity contribution in [3.8, 4) is 0 Å². The number of amides is 2. The van der Waals surface area contributed by atoms with Crippen molar-refractivity contribution in [3.63, 3.8) is 0 Å². The average molecular weight is 275 g/mol. The second kappa shape index (κ2) is 7.03. The SMILES string of the molecule is CN1CCCC[C@@H](C(=O)NCCc2ccccn2)C1=O. The van der Waals surface area contributed by atoms with Gasteiger partial charge in [0.05, 0.1) is 0 Å². The van der Waals surface area contributed by atoms with Crippen molar-refractivity contribution >= 4 is 11.8 Å². The van der Waals surface area contributed by atoms with Gasteiger partial charge in [0.25, 0.3) is 0 Å². The zero-order chi connectivity index (χ0) is 14.4. The maximum absolute atomic E-state index is 12.1. The Morgan fingerprint density at radius 3 is 3.05 bits per heavy atom. The molecular formula is C15H21N3O2. The molecule has 0 aromatic carbocycles. The Morgan fingerprint density at radius 1 is 1.45 bits per heavy atom. The van der Waals surface area contributed by atoms with Gasteiger partial charge in [-0.15, -0.1) is 0 Å². The topological polar surface area (TPSA) is 62.3 Å². The predicted octanol–water partition coefficient (Wildman–Crippen LogP) is 0.999. The van der Waals surface area contributed by atoms with E-state index in [1.54, 1.807) is 18.1 Å². The first-order chi connectivity index (χ1) is 9.68. The van der Waals surface area contributed by atoms with Crippen LogP contribution in [0.3, 0.4) is 0 Å². The highest BCUT2D eigenvalue weighted by Gasteiger charge is 2.30. The number of carbonyl (C=O) groups is 2. The quantitative estimate of drug-likeness (QED) is 0.834. The van der Waals surface area contributed by atoms with Crippen LogP contribution in [0.4, 0.5) is 0 Å². The smallest absolute Gasteiger partial charge is 0.234 e. The Bertz CT molecular complexity index is 461. The molecule has 5 heteroatoms. The minimum atomic E-state index is -0.522. The van der Waals surface area contributed by atoms with Crippen LogP contribution in [0, 0.1) is 5.92 Å². The molecule has 1 aliphatic rings. The lowest BCUT2D eigenvalue weighted by Crippen LogP contribution is -2.41. The molecule has 1 aromatic heterocycles. The fraction of sp³-hybridized carbons (Fsp3) is 0.533. The molecule has 1 aliphatic heterocycles. The Balaban J connectivity index is 1.83. The van der Waals surface area contributed by atoms with Crippen molar-refractivity contribution in [2.24, 2.45) is 5.92 Å². The molecule has 0 bridgehead atoms. The zero-order valence-corrected chi connectivity index (χ0v) is 11.8. The second-order valence-electron chi connectivity index (χ2n) is 5.17. The van der Waals surface area contributed by atoms with Crippen LogP contribution in [-0.2, 0) is 16.0 Å². The minimum Gasteiger partial charge on any atom is -0.355 e. The van der Waals surface area contributed by atoms with Gasteiger partial charge in [-0.2, -0.15) is 0 Å². The number of nitrogens with one attached hydrogen (secondary N) is 1. The van der Waals surface area contributed by atoms with Crippen molar-refractivity contribution in [2.75, 3.05) is 20.1 Å². The van der Waals surface area contributed by atoms with Gasteiger partial charge in [0.15, 0.2) is 0 Å². The Labute approximate surface area is 119 Å². The first-order valence-corrected chi connectivity index (χ1v) is 7.11. The first-order valence-electron chi connectivity index (χ1n) is 7.11. The summed E-state index contributed by atoms with van der Waals surface area (Å²) in [5.74, 6) is -0.733. The summed E-state index contributed by atoms with van der Waals surface area (Å²) in [4.78, 5) is 30.1. The van der Waals surface area contributed by atoms with E-state index in [1.807, 2.05) is 18.2 Å². The second-order valence-corrected chi connectivity index (χ2v) is 5.17. The van der Waals surface area contributed by atoms with E-state index in [1.165, 1.54) is 0 Å². The highest BCUT2D eigenvalue weighted by Crippen LogP contribution is 2.16. The molecular weight excluding hydrogens is 254 g/mol. The average Bonchev–Trinajstić information content (AvgIpc) is 2.63. The molecule has 0 unspecified atom stereocenters. The summed E-state index contributed by atoms with van der Waals surface area (Å²) in [6.07, 6.45) is 4.97. The number of nitrogens with zero attached hydrogens (tertiary/aromatic N) is 2. The molecule has 1 saturated heterocycles. The van der Waals surface area contributed by atoms with Crippen LogP contribution in [0.25, 0.3) is 0 Å². The van der Waals surface area contributed by atoms with E-state index >= 15 is 0 Å². The van der Waals surface area contributed by atoms with E-state index in [4.69, 9.17) is 0 Å². The normalized spacial score (nSPS) is 19.6. The van der Waals surface area contributed by atoms with Crippen LogP contribution < -0.4 is 5.32 Å². The van der Waals surface area contributed by atoms with E-state index in [0.29, 0.717) is 19.4 Å². The number of pyridine rings is 1. The van der Waals surface area contributed by atoms with Gasteiger partial charge >= 0.3 is 0 Å². The van der Waals surface area contributed by atoms with Gasteiger partial charge in [-0.1, -0.05) is 12.5 Å². The summed E-state index contributed by atoms with van der Waals surface area (Å²) >= 11 is 0. The van der Waals surface area contributed by atoms with E-state index < -0.39 is 5.92 Å². The number of rotatable bonds is 4. The van der Waals surface area contributed by atoms with Crippen LogP contribution in [0.5, 0.6) is 0 Å². The van der Waals surface area contributed by atoms with Crippen molar-refractivity contribution in [1.29, 1.82) is 0 Å². The lowest BCUT2D eigenvalue weighted by molar-refractivity contribution is -0.140. The van der Waals surface area contributed by atoms with Crippen LogP contribution >= 0.6 is 0 Å². The van der Waals surface area contributed by atoms with Crippen LogP contribution in [0.2, 0.25) is 0 Å². The Morgan fingerprint density at radius 2 is 2.30 bits per heavy atom. The van der Waals surface area contributed by atoms with Crippen LogP contribution in [0.15, 0.2) is 24.4 Å². The standard InChI is InChI=1S/C15H21N3O2/c1-18-11-5-3-7-13(15(18)20)14(19)17-10-8-12-6-2-4-9-16-12/h2,4,6,9,13H,3,5,7-8,10-11H2,1H3,(H,17,19)/t13-/m0/s1. The highest BCUT2D eigenvalue weighted by atomic mass is 16.2. The third kappa shape index (κ3) is 3.79. The summed E-state index contributed by atoms with van der Waals surface area (Å²) in [5, 5.41) is 2.85. The Hall–Kier alpha value is -1.91. The highest BCUT2D eigenvalue weighted by molar-refractivity contribution is 6.00. The number of hydrogen-bond acceptors (Lipinski definition) is 3. The number of likely N-dealkylation sites (tertiary alicyclic amines) is 1. The first kappa shape index (κ1) is 14.5. The largest absolute Gasteiger partial charge is 0.355 e. The zero-order valence-electron chi connectivity index (χ0n) is 11.8. The maximum atomic E-state index is 12.1. The summed E-state index contributed by atoms with van der Waals surface area (Å²) in [6, 6.07) is 5.72. The van der Waals surface area contributed by atoms with Gasteiger partial charge < -0.3 is 10.2 Å². The number of carbonyl (C=O) groups excluding carboxylic acids is 2. The molecule has 5 nitrogen and oxygen atoms in total. The maximum Gasteiger partial charge on any atom is 0.234 e. The summed E-state index contributed by atoms with van der Waals surface area (Å²) in [6.45, 7) is 1.26. The molecule has 0 saturated carbocycles. The third-order valence-corrected chi connectivity index (χ3v) is 3.63. The Kier molecular flexibility index (Phi) is 5.09. The van der Waals surface area contributed by atoms with Crippen molar-refractivity contribution in [1.82, 2.24) is 15.2 Å². The predicted molar refractivity (Wildman–Crippen MR) is 75.9 cm³/mol. The molecule has 1 atom stereocenters. The molecule has 1 fully saturated rings. The van der Waals surface area contributed by atoms with Gasteiger partial charge in [0, 0.05) is 38.4 Å².